The van der Waals surface area contributed by atoms with Gasteiger partial charge in [-0.2, -0.15) is 5.10 Å². The first kappa shape index (κ1) is 21.5. The Kier molecular flexibility index (Phi) is 6.39. The molecule has 0 unspecified atom stereocenters. The third-order valence-electron chi connectivity index (χ3n) is 6.87. The number of hydrogen-bond acceptors (Lipinski definition) is 4. The molecular weight excluding hydrogens is 390 g/mol. The number of pyridine rings is 1. The lowest BCUT2D eigenvalue weighted by molar-refractivity contribution is -0.124. The minimum absolute atomic E-state index is 0.0834. The average Bonchev–Trinajstić information content (AvgIpc) is 3.45. The zero-order valence-corrected chi connectivity index (χ0v) is 18.8. The fraction of sp³-hybridized carbons (Fsp3) is 0.583. The Labute approximate surface area is 184 Å². The number of nitrogens with one attached hydrogen (secondary N) is 1. The molecule has 1 saturated heterocycles. The van der Waals surface area contributed by atoms with Gasteiger partial charge in [-0.25, -0.2) is 9.67 Å². The highest BCUT2D eigenvalue weighted by Crippen LogP contribution is 2.38. The number of likely N-dealkylation sites (N-methyl/N-ethyl adjacent to an activating group) is 1. The summed E-state index contributed by atoms with van der Waals surface area (Å²) >= 11 is 0. The zero-order chi connectivity index (χ0) is 22.0. The van der Waals surface area contributed by atoms with E-state index in [9.17, 15) is 9.59 Å². The molecule has 2 aliphatic rings. The maximum Gasteiger partial charge on any atom is 0.275 e. The van der Waals surface area contributed by atoms with Crippen LogP contribution in [0, 0.1) is 11.8 Å². The van der Waals surface area contributed by atoms with Crippen LogP contribution in [0.15, 0.2) is 30.5 Å². The van der Waals surface area contributed by atoms with Gasteiger partial charge in [0.25, 0.3) is 5.91 Å². The fourth-order valence-corrected chi connectivity index (χ4v) is 5.18. The SMILES string of the molecule is CNC(=O)[C@@H]1C[C@@H](C2CCCCC2)CN1C(=O)c1cc(C(C)C)n(-c2ccccn2)n1. The average molecular weight is 424 g/mol. The van der Waals surface area contributed by atoms with E-state index in [4.69, 9.17) is 0 Å². The lowest BCUT2D eigenvalue weighted by atomic mass is 9.79. The van der Waals surface area contributed by atoms with Crippen molar-refractivity contribution in [3.63, 3.8) is 0 Å². The molecule has 0 aromatic carbocycles. The van der Waals surface area contributed by atoms with Crippen molar-refractivity contribution in [2.24, 2.45) is 11.8 Å². The maximum absolute atomic E-state index is 13.6. The summed E-state index contributed by atoms with van der Waals surface area (Å²) in [4.78, 5) is 32.4. The molecule has 1 N–H and O–H groups in total. The van der Waals surface area contributed by atoms with E-state index in [1.165, 1.54) is 32.1 Å². The Balaban J connectivity index is 1.63. The second kappa shape index (κ2) is 9.20. The van der Waals surface area contributed by atoms with Gasteiger partial charge in [0, 0.05) is 25.5 Å². The number of aromatic nitrogens is 3. The van der Waals surface area contributed by atoms with Crippen LogP contribution in [0.3, 0.4) is 0 Å². The summed E-state index contributed by atoms with van der Waals surface area (Å²) in [6, 6.07) is 7.09. The highest BCUT2D eigenvalue weighted by atomic mass is 16.2. The van der Waals surface area contributed by atoms with Gasteiger partial charge >= 0.3 is 0 Å². The normalized spacial score (nSPS) is 22.1. The molecule has 1 aliphatic heterocycles. The standard InChI is InChI=1S/C24H33N5O2/c1-16(2)20-14-19(27-29(20)22-11-7-8-12-26-22)24(31)28-15-18(13-21(28)23(30)25-3)17-9-5-4-6-10-17/h7-8,11-12,14,16-18,21H,4-6,9-10,13,15H2,1-3H3,(H,25,30)/t18-,21+/m1/s1. The van der Waals surface area contributed by atoms with Crippen molar-refractivity contribution in [2.75, 3.05) is 13.6 Å². The molecule has 2 aromatic heterocycles. The van der Waals surface area contributed by atoms with Crippen molar-refractivity contribution in [3.8, 4) is 5.82 Å². The third-order valence-corrected chi connectivity index (χ3v) is 6.87. The molecule has 7 heteroatoms. The van der Waals surface area contributed by atoms with Gasteiger partial charge in [0.05, 0.1) is 0 Å². The molecule has 166 valence electrons. The van der Waals surface area contributed by atoms with E-state index < -0.39 is 6.04 Å². The lowest BCUT2D eigenvalue weighted by Gasteiger charge is -2.27. The minimum Gasteiger partial charge on any atom is -0.357 e. The van der Waals surface area contributed by atoms with Gasteiger partial charge in [0.2, 0.25) is 5.91 Å². The summed E-state index contributed by atoms with van der Waals surface area (Å²) in [5.74, 6) is 1.61. The first-order valence-electron chi connectivity index (χ1n) is 11.5. The number of likely N-dealkylation sites (tertiary alicyclic amines) is 1. The highest BCUT2D eigenvalue weighted by Gasteiger charge is 2.43. The molecule has 31 heavy (non-hydrogen) atoms. The van der Waals surface area contributed by atoms with Gasteiger partial charge in [-0.15, -0.1) is 0 Å². The monoisotopic (exact) mass is 423 g/mol. The quantitative estimate of drug-likeness (QED) is 0.798. The van der Waals surface area contributed by atoms with Crippen LogP contribution in [0.25, 0.3) is 5.82 Å². The number of carbonyl (C=O) groups excluding carboxylic acids is 2. The Morgan fingerprint density at radius 1 is 1.13 bits per heavy atom. The van der Waals surface area contributed by atoms with E-state index in [2.05, 4.69) is 29.2 Å². The smallest absolute Gasteiger partial charge is 0.275 e. The van der Waals surface area contributed by atoms with Crippen molar-refractivity contribution >= 4 is 11.8 Å². The number of amides is 2. The first-order chi connectivity index (χ1) is 15.0. The van der Waals surface area contributed by atoms with Crippen LogP contribution in [-0.2, 0) is 4.79 Å². The van der Waals surface area contributed by atoms with E-state index >= 15 is 0 Å². The maximum atomic E-state index is 13.6. The second-order valence-corrected chi connectivity index (χ2v) is 9.19. The number of rotatable bonds is 5. The Morgan fingerprint density at radius 2 is 1.90 bits per heavy atom. The number of carbonyl (C=O) groups is 2. The van der Waals surface area contributed by atoms with E-state index in [0.717, 1.165) is 12.1 Å². The van der Waals surface area contributed by atoms with Crippen LogP contribution in [0.1, 0.15) is 74.5 Å². The van der Waals surface area contributed by atoms with Crippen LogP contribution in [0.5, 0.6) is 0 Å². The van der Waals surface area contributed by atoms with Gasteiger partial charge in [-0.05, 0) is 42.4 Å². The van der Waals surface area contributed by atoms with Crippen LogP contribution in [0.4, 0.5) is 0 Å². The van der Waals surface area contributed by atoms with Crippen molar-refractivity contribution in [3.05, 3.63) is 41.9 Å². The van der Waals surface area contributed by atoms with Crippen LogP contribution in [0.2, 0.25) is 0 Å². The van der Waals surface area contributed by atoms with Gasteiger partial charge in [0.15, 0.2) is 11.5 Å². The highest BCUT2D eigenvalue weighted by molar-refractivity contribution is 5.96. The molecule has 1 aliphatic carbocycles. The van der Waals surface area contributed by atoms with Gasteiger partial charge in [0.1, 0.15) is 6.04 Å². The van der Waals surface area contributed by atoms with Crippen molar-refractivity contribution in [1.82, 2.24) is 25.0 Å². The van der Waals surface area contributed by atoms with Crippen LogP contribution in [-0.4, -0.2) is 51.1 Å². The summed E-state index contributed by atoms with van der Waals surface area (Å²) in [6.07, 6.45) is 8.69. The van der Waals surface area contributed by atoms with E-state index in [-0.39, 0.29) is 17.7 Å². The zero-order valence-electron chi connectivity index (χ0n) is 18.8. The molecule has 0 spiro atoms. The molecule has 2 aromatic rings. The van der Waals surface area contributed by atoms with Crippen molar-refractivity contribution in [1.29, 1.82) is 0 Å². The van der Waals surface area contributed by atoms with Crippen LogP contribution < -0.4 is 5.32 Å². The summed E-state index contributed by atoms with van der Waals surface area (Å²) in [5.41, 5.74) is 1.31. The molecule has 1 saturated carbocycles. The molecule has 3 heterocycles. The predicted molar refractivity (Wildman–Crippen MR) is 119 cm³/mol. The van der Waals surface area contributed by atoms with E-state index in [0.29, 0.717) is 29.9 Å². The summed E-state index contributed by atoms with van der Waals surface area (Å²) in [6.45, 7) is 4.79. The largest absolute Gasteiger partial charge is 0.357 e. The fourth-order valence-electron chi connectivity index (χ4n) is 5.18. The molecule has 2 fully saturated rings. The summed E-state index contributed by atoms with van der Waals surface area (Å²) in [7, 11) is 1.64. The molecule has 2 amide bonds. The Hall–Kier alpha value is -2.70. The second-order valence-electron chi connectivity index (χ2n) is 9.19. The minimum atomic E-state index is -0.424. The van der Waals surface area contributed by atoms with E-state index in [1.54, 1.807) is 22.8 Å². The molecule has 4 rings (SSSR count). The van der Waals surface area contributed by atoms with Gasteiger partial charge in [-0.1, -0.05) is 52.0 Å². The number of hydrogen-bond donors (Lipinski definition) is 1. The summed E-state index contributed by atoms with van der Waals surface area (Å²) < 4.78 is 1.75. The first-order valence-corrected chi connectivity index (χ1v) is 11.5. The molecule has 0 radical (unpaired) electrons. The summed E-state index contributed by atoms with van der Waals surface area (Å²) in [5, 5.41) is 7.39. The molecule has 7 nitrogen and oxygen atoms in total. The Morgan fingerprint density at radius 3 is 2.55 bits per heavy atom. The Bertz CT molecular complexity index is 917. The molecule has 2 atom stereocenters. The van der Waals surface area contributed by atoms with Crippen LogP contribution >= 0.6 is 0 Å². The topological polar surface area (TPSA) is 80.1 Å². The van der Waals surface area contributed by atoms with Crippen molar-refractivity contribution in [2.45, 2.75) is 64.3 Å². The number of nitrogens with zero attached hydrogens (tertiary/aromatic N) is 4. The lowest BCUT2D eigenvalue weighted by Crippen LogP contribution is -2.45. The predicted octanol–water partition coefficient (Wildman–Crippen LogP) is 3.55. The van der Waals surface area contributed by atoms with Gasteiger partial charge in [-0.3, -0.25) is 9.59 Å². The van der Waals surface area contributed by atoms with Gasteiger partial charge < -0.3 is 10.2 Å². The molecule has 0 bridgehead atoms. The van der Waals surface area contributed by atoms with E-state index in [1.807, 2.05) is 24.3 Å². The third kappa shape index (κ3) is 4.36. The molecular formula is C24H33N5O2. The van der Waals surface area contributed by atoms with Crippen molar-refractivity contribution < 1.29 is 9.59 Å².